The van der Waals surface area contributed by atoms with E-state index in [1.165, 1.54) is 108 Å². The fraction of sp³-hybridized carbons (Fsp3) is 0.216. The lowest BCUT2D eigenvalue weighted by molar-refractivity contribution is -0.143. The minimum Gasteiger partial charge on any atom is -0.504 e. The number of phenols is 1. The number of rotatable bonds is 22. The van der Waals surface area contributed by atoms with Gasteiger partial charge in [-0.15, -0.1) is 11.6 Å². The van der Waals surface area contributed by atoms with Crippen molar-refractivity contribution in [2.24, 2.45) is 0 Å². The highest BCUT2D eigenvalue weighted by molar-refractivity contribution is 6.32. The van der Waals surface area contributed by atoms with Gasteiger partial charge in [-0.1, -0.05) is 143 Å². The van der Waals surface area contributed by atoms with Crippen molar-refractivity contribution in [3.63, 3.8) is 0 Å². The number of aromatic nitrogens is 4. The molecule has 20 rings (SSSR count). The smallest absolute Gasteiger partial charge is 0.329 e. The third-order valence-electron chi connectivity index (χ3n) is 23.6. The molecule has 0 saturated heterocycles. The number of oxazole rings is 4. The third-order valence-corrected chi connectivity index (χ3v) is 25.4. The van der Waals surface area contributed by atoms with Gasteiger partial charge in [0.05, 0.1) is 42.7 Å². The van der Waals surface area contributed by atoms with E-state index < -0.39 is 71.3 Å². The molecule has 4 atom stereocenters. The van der Waals surface area contributed by atoms with Crippen LogP contribution in [0.1, 0.15) is 66.8 Å². The average molecular weight is 2000 g/mol. The molecule has 3 N–H and O–H groups in total. The summed E-state index contributed by atoms with van der Waals surface area (Å²) < 4.78 is 127. The second-order valence-corrected chi connectivity index (χ2v) is 33.8. The number of methoxy groups -OCH3 is 6. The summed E-state index contributed by atoms with van der Waals surface area (Å²) in [6.07, 6.45) is 0.724. The van der Waals surface area contributed by atoms with E-state index in [1.807, 2.05) is 109 Å². The molecule has 4 aliphatic rings. The van der Waals surface area contributed by atoms with Crippen LogP contribution in [-0.2, 0) is 106 Å². The summed E-state index contributed by atoms with van der Waals surface area (Å²) in [6.45, 7) is 1.63. The Morgan fingerprint density at radius 2 is 0.612 bits per heavy atom. The molecule has 37 heteroatoms. The highest BCUT2D eigenvalue weighted by Crippen LogP contribution is 2.47. The molecule has 28 nitrogen and oxygen atoms in total. The first-order valence-electron chi connectivity index (χ1n) is 43.0. The number of ether oxygens (including phenoxy) is 9. The van der Waals surface area contributed by atoms with Crippen LogP contribution in [0.3, 0.4) is 0 Å². The van der Waals surface area contributed by atoms with Gasteiger partial charge < -0.3 is 95.2 Å². The largest absolute Gasteiger partial charge is 0.504 e. The lowest BCUT2D eigenvalue weighted by atomic mass is 9.92. The van der Waals surface area contributed by atoms with Crippen molar-refractivity contribution in [2.45, 2.75) is 102 Å². The van der Waals surface area contributed by atoms with E-state index in [1.54, 1.807) is 63.1 Å². The van der Waals surface area contributed by atoms with Crippen LogP contribution >= 0.6 is 58.0 Å². The van der Waals surface area contributed by atoms with Gasteiger partial charge in [0.2, 0.25) is 0 Å². The van der Waals surface area contributed by atoms with E-state index >= 15 is 0 Å². The molecular formula is C102H85Cl5F4N8O20. The molecule has 716 valence electrons. The summed E-state index contributed by atoms with van der Waals surface area (Å²) in [4.78, 5) is 73.8. The molecule has 139 heavy (non-hydrogen) atoms. The van der Waals surface area contributed by atoms with Gasteiger partial charge in [0.1, 0.15) is 89.3 Å². The van der Waals surface area contributed by atoms with E-state index in [4.69, 9.17) is 118 Å². The van der Waals surface area contributed by atoms with Crippen molar-refractivity contribution in [1.82, 2.24) is 19.9 Å². The zero-order valence-electron chi connectivity index (χ0n) is 74.8. The lowest BCUT2D eigenvalue weighted by Gasteiger charge is -2.35. The van der Waals surface area contributed by atoms with Gasteiger partial charge in [-0.2, -0.15) is 19.9 Å². The molecule has 16 aromatic rings. The first-order valence-corrected chi connectivity index (χ1v) is 45.0. The number of nitrogens with zero attached hydrogens (tertiary/aromatic N) is 8. The molecule has 0 amide bonds. The molecule has 0 fully saturated rings. The summed E-state index contributed by atoms with van der Waals surface area (Å²) in [7, 11) is 8.72. The van der Waals surface area contributed by atoms with Gasteiger partial charge in [0, 0.05) is 141 Å². The Labute approximate surface area is 816 Å². The summed E-state index contributed by atoms with van der Waals surface area (Å²) >= 11 is 30.1. The normalized spacial score (nSPS) is 15.0. The van der Waals surface area contributed by atoms with Gasteiger partial charge >= 0.3 is 23.9 Å². The zero-order valence-corrected chi connectivity index (χ0v) is 78.6. The number of halogens is 9. The Kier molecular flexibility index (Phi) is 30.3. The molecule has 0 radical (unpaired) electrons. The van der Waals surface area contributed by atoms with Gasteiger partial charge in [0.25, 0.3) is 24.1 Å². The van der Waals surface area contributed by atoms with Crippen molar-refractivity contribution in [3.8, 4) is 46.0 Å². The van der Waals surface area contributed by atoms with Crippen LogP contribution in [0.2, 0.25) is 20.1 Å². The maximum atomic E-state index is 13.7. The minimum absolute atomic E-state index is 0.00295. The van der Waals surface area contributed by atoms with Crippen LogP contribution in [0, 0.1) is 23.3 Å². The number of carbonyl (C=O) groups excluding carboxylic acids is 2. The van der Waals surface area contributed by atoms with Gasteiger partial charge in [-0.3, -0.25) is 0 Å². The third kappa shape index (κ3) is 21.5. The SMILES string of the molecule is COC(=O)[C@@H]1Cc2c(ccc(OC)c2O)CN1c1nc2ccc(F)cc2o1.COC(=O)[C@@H]1Cc2c(ccc(OC)c2OCc2ccccc2Cl)CN1c1nc2ccc(F)cc2o1.COc1ccc2c(c1OCc1ccccc1Cl)C[C@@H](C(=O)O)N(c1nc3ccc(F)cc3o1)C2.COc1ccc2c(c1OCc1ccccc1Cl)C[C@@H](C(=O)O)N(c1nc3ccc(F)cc3o1)C2.ClCc1ccccc1Cl. The minimum atomic E-state index is -1.04. The summed E-state index contributed by atoms with van der Waals surface area (Å²) in [5, 5.41) is 33.0. The van der Waals surface area contributed by atoms with Gasteiger partial charge in [-0.25, -0.2) is 36.7 Å². The maximum Gasteiger partial charge on any atom is 0.329 e. The maximum absolute atomic E-state index is 13.7. The fourth-order valence-corrected chi connectivity index (χ4v) is 17.6. The molecule has 12 aromatic carbocycles. The van der Waals surface area contributed by atoms with Crippen molar-refractivity contribution in [2.75, 3.05) is 62.3 Å². The topological polar surface area (TPSA) is 329 Å². The predicted octanol–water partition coefficient (Wildman–Crippen LogP) is 21.6. The first-order chi connectivity index (χ1) is 67.2. The highest BCUT2D eigenvalue weighted by atomic mass is 35.5. The van der Waals surface area contributed by atoms with Crippen LogP contribution in [0.5, 0.6) is 46.0 Å². The van der Waals surface area contributed by atoms with E-state index in [2.05, 4.69) is 19.9 Å². The number of anilines is 4. The van der Waals surface area contributed by atoms with Crippen molar-refractivity contribution >= 4 is 150 Å². The number of aromatic hydroxyl groups is 1. The van der Waals surface area contributed by atoms with Gasteiger partial charge in [-0.05, 0) is 125 Å². The zero-order chi connectivity index (χ0) is 98.0. The quantitative estimate of drug-likeness (QED) is 0.0322. The molecule has 8 heterocycles. The Morgan fingerprint density at radius 1 is 0.353 bits per heavy atom. The first kappa shape index (κ1) is 97.3. The Morgan fingerprint density at radius 3 is 0.878 bits per heavy atom. The molecule has 0 bridgehead atoms. The predicted molar refractivity (Wildman–Crippen MR) is 512 cm³/mol. The molecule has 4 aliphatic heterocycles. The van der Waals surface area contributed by atoms with E-state index in [9.17, 15) is 52.1 Å². The van der Waals surface area contributed by atoms with Crippen molar-refractivity contribution in [3.05, 3.63) is 329 Å². The number of benzene rings is 12. The standard InChI is InChI=1S/C26H22ClFN2O5.2C25H20ClFN2O5.C19H17FN2O5.C7H6Cl2/c1-32-22-10-7-15-13-30(26-29-20-9-8-17(28)11-23(20)35-26)21(25(31)33-2)12-18(15)24(22)34-14-16-5-3-4-6-19(16)27;2*1-32-21-9-6-14-12-29(25-28-19-8-7-16(27)10-22(19)34-25)20(24(30)31)11-17(14)23(21)33-13-15-4-2-3-5-18(15)26;1-25-15-6-3-10-9-22(14(18(24)26-2)8-12(10)17(15)23)19-21-13-5-4-11(20)7-16(13)27-19;8-5-6-3-1-2-4-7(6)9/h3-11,21H,12-14H2,1-2H3;2*2-10,20H,11-13H2,1H3,(H,30,31);3-7,14,23H,8-9H2,1-2H3;1-4H,5H2/t21-;2*20-;14-;/m0000./s1. The van der Waals surface area contributed by atoms with E-state index in [0.29, 0.717) is 101 Å². The second kappa shape index (κ2) is 43.2. The Hall–Kier alpha value is -14.8. The molecule has 0 aliphatic carbocycles. The summed E-state index contributed by atoms with van der Waals surface area (Å²) in [5.74, 6) is -0.940. The summed E-state index contributed by atoms with van der Waals surface area (Å²) in [6, 6.07) is 57.6. The number of phenolic OH excluding ortho intramolecular Hbond substituents is 1. The number of alkyl halides is 1. The van der Waals surface area contributed by atoms with Gasteiger partial charge in [0.15, 0.2) is 68.3 Å². The Balaban J connectivity index is 0.000000130. The molecular weight excluding hydrogens is 1910 g/mol. The van der Waals surface area contributed by atoms with Crippen LogP contribution in [-0.4, -0.2) is 126 Å². The number of carbonyl (C=O) groups is 4. The number of hydrogen-bond donors (Lipinski definition) is 3. The number of fused-ring (bicyclic) bond motifs is 8. The average Bonchev–Trinajstić information content (AvgIpc) is 1.73. The van der Waals surface area contributed by atoms with Crippen LogP contribution in [0.15, 0.2) is 236 Å². The van der Waals surface area contributed by atoms with Crippen LogP contribution in [0.4, 0.5) is 41.6 Å². The number of carboxylic acids is 2. The van der Waals surface area contributed by atoms with Crippen molar-refractivity contribution < 1.29 is 112 Å². The number of hydrogen-bond acceptors (Lipinski definition) is 26. The number of aliphatic carboxylic acids is 2. The molecule has 0 saturated carbocycles. The van der Waals surface area contributed by atoms with E-state index in [0.717, 1.165) is 66.2 Å². The highest BCUT2D eigenvalue weighted by Gasteiger charge is 2.43. The fourth-order valence-electron chi connectivity index (χ4n) is 16.5. The number of carboxylic acid groups (broad SMARTS) is 2. The monoisotopic (exact) mass is 1990 g/mol. The number of esters is 2. The second-order valence-electron chi connectivity index (χ2n) is 31.9. The summed E-state index contributed by atoms with van der Waals surface area (Å²) in [5.41, 5.74) is 12.7. The Bertz CT molecular complexity index is 7060. The van der Waals surface area contributed by atoms with E-state index in [-0.39, 0.29) is 112 Å². The van der Waals surface area contributed by atoms with Crippen molar-refractivity contribution in [1.29, 1.82) is 0 Å². The van der Waals surface area contributed by atoms with Crippen LogP contribution < -0.4 is 52.8 Å². The lowest BCUT2D eigenvalue weighted by Crippen LogP contribution is -2.46. The molecule has 4 aromatic heterocycles. The molecule has 0 unspecified atom stereocenters. The molecule has 0 spiro atoms. The van der Waals surface area contributed by atoms with Crippen LogP contribution in [0.25, 0.3) is 44.4 Å².